The molecule has 0 bridgehead atoms. The second-order valence-electron chi connectivity index (χ2n) is 4.32. The number of thiazole rings is 1. The third kappa shape index (κ3) is 2.93. The van der Waals surface area contributed by atoms with Crippen molar-refractivity contribution in [3.05, 3.63) is 51.5 Å². The number of nitrogens with two attached hydrogens (primary N) is 1. The molecular weight excluding hydrogens is 228 g/mol. The fourth-order valence-electron chi connectivity index (χ4n) is 1.84. The highest BCUT2D eigenvalue weighted by Gasteiger charge is 2.15. The highest BCUT2D eigenvalue weighted by Crippen LogP contribution is 2.26. The molecule has 2 aromatic rings. The minimum absolute atomic E-state index is 0.342. The largest absolute Gasteiger partial charge is 0.330 e. The molecule has 0 spiro atoms. The zero-order valence-corrected chi connectivity index (χ0v) is 11.1. The molecule has 0 aliphatic rings. The van der Waals surface area contributed by atoms with Crippen LogP contribution in [-0.4, -0.2) is 11.5 Å². The van der Waals surface area contributed by atoms with Crippen molar-refractivity contribution in [3.63, 3.8) is 0 Å². The highest BCUT2D eigenvalue weighted by molar-refractivity contribution is 7.11. The van der Waals surface area contributed by atoms with Crippen molar-refractivity contribution in [1.82, 2.24) is 4.98 Å². The molecule has 0 radical (unpaired) electrons. The lowest BCUT2D eigenvalue weighted by atomic mass is 10.0. The van der Waals surface area contributed by atoms with Crippen molar-refractivity contribution in [3.8, 4) is 0 Å². The molecule has 0 amide bonds. The van der Waals surface area contributed by atoms with Gasteiger partial charge in [-0.15, -0.1) is 11.3 Å². The number of hydrogen-bond acceptors (Lipinski definition) is 3. The number of aromatic nitrogens is 1. The van der Waals surface area contributed by atoms with Gasteiger partial charge in [0.2, 0.25) is 0 Å². The SMILES string of the molecule is Cc1nc(C(CN)Cc2ccccc2)sc1C. The normalized spacial score (nSPS) is 12.6. The number of hydrogen-bond donors (Lipinski definition) is 1. The van der Waals surface area contributed by atoms with Gasteiger partial charge in [-0.2, -0.15) is 0 Å². The fourth-order valence-corrected chi connectivity index (χ4v) is 2.88. The molecule has 17 heavy (non-hydrogen) atoms. The van der Waals surface area contributed by atoms with Gasteiger partial charge in [-0.05, 0) is 25.8 Å². The van der Waals surface area contributed by atoms with Crippen LogP contribution in [0.1, 0.15) is 27.1 Å². The van der Waals surface area contributed by atoms with E-state index in [0.29, 0.717) is 12.5 Å². The monoisotopic (exact) mass is 246 g/mol. The molecule has 2 N–H and O–H groups in total. The van der Waals surface area contributed by atoms with E-state index in [-0.39, 0.29) is 0 Å². The van der Waals surface area contributed by atoms with Crippen LogP contribution in [0.4, 0.5) is 0 Å². The second-order valence-corrected chi connectivity index (χ2v) is 5.55. The molecule has 0 saturated carbocycles. The lowest BCUT2D eigenvalue weighted by molar-refractivity contribution is 0.687. The highest BCUT2D eigenvalue weighted by atomic mass is 32.1. The van der Waals surface area contributed by atoms with Gasteiger partial charge < -0.3 is 5.73 Å². The summed E-state index contributed by atoms with van der Waals surface area (Å²) in [7, 11) is 0. The average molecular weight is 246 g/mol. The van der Waals surface area contributed by atoms with Crippen LogP contribution in [0, 0.1) is 13.8 Å². The van der Waals surface area contributed by atoms with E-state index in [9.17, 15) is 0 Å². The van der Waals surface area contributed by atoms with Crippen molar-refractivity contribution < 1.29 is 0 Å². The van der Waals surface area contributed by atoms with Gasteiger partial charge in [0.15, 0.2) is 0 Å². The Morgan fingerprint density at radius 1 is 1.24 bits per heavy atom. The molecule has 90 valence electrons. The second kappa shape index (κ2) is 5.43. The third-order valence-corrected chi connectivity index (χ3v) is 4.24. The van der Waals surface area contributed by atoms with Crippen LogP contribution in [0.25, 0.3) is 0 Å². The summed E-state index contributed by atoms with van der Waals surface area (Å²) >= 11 is 1.78. The van der Waals surface area contributed by atoms with E-state index < -0.39 is 0 Å². The molecule has 1 heterocycles. The Balaban J connectivity index is 2.17. The zero-order valence-electron chi connectivity index (χ0n) is 10.3. The first-order chi connectivity index (χ1) is 8.20. The van der Waals surface area contributed by atoms with E-state index >= 15 is 0 Å². The van der Waals surface area contributed by atoms with Crippen LogP contribution < -0.4 is 5.73 Å². The Bertz CT molecular complexity index is 457. The summed E-state index contributed by atoms with van der Waals surface area (Å²) < 4.78 is 0. The molecule has 2 rings (SSSR count). The molecule has 1 aromatic carbocycles. The van der Waals surface area contributed by atoms with E-state index in [4.69, 9.17) is 5.73 Å². The van der Waals surface area contributed by atoms with Crippen molar-refractivity contribution in [2.45, 2.75) is 26.2 Å². The Kier molecular flexibility index (Phi) is 3.92. The molecule has 3 heteroatoms. The molecule has 0 fully saturated rings. The number of benzene rings is 1. The van der Waals surface area contributed by atoms with Gasteiger partial charge in [0.1, 0.15) is 0 Å². The Labute approximate surface area is 107 Å². The number of rotatable bonds is 4. The first kappa shape index (κ1) is 12.3. The smallest absolute Gasteiger partial charge is 0.0977 e. The fraction of sp³-hybridized carbons (Fsp3) is 0.357. The average Bonchev–Trinajstić information content (AvgIpc) is 2.68. The van der Waals surface area contributed by atoms with Gasteiger partial charge in [-0.3, -0.25) is 0 Å². The van der Waals surface area contributed by atoms with E-state index in [0.717, 1.165) is 12.1 Å². The topological polar surface area (TPSA) is 38.9 Å². The number of nitrogens with zero attached hydrogens (tertiary/aromatic N) is 1. The summed E-state index contributed by atoms with van der Waals surface area (Å²) in [5.74, 6) is 0.342. The molecule has 1 unspecified atom stereocenters. The van der Waals surface area contributed by atoms with Gasteiger partial charge in [0.05, 0.1) is 10.7 Å². The molecule has 1 atom stereocenters. The Hall–Kier alpha value is -1.19. The molecule has 1 aromatic heterocycles. The summed E-state index contributed by atoms with van der Waals surface area (Å²) in [5, 5.41) is 1.17. The maximum atomic E-state index is 5.88. The minimum Gasteiger partial charge on any atom is -0.330 e. The Morgan fingerprint density at radius 3 is 2.47 bits per heavy atom. The van der Waals surface area contributed by atoms with Crippen molar-refractivity contribution in [2.24, 2.45) is 5.73 Å². The van der Waals surface area contributed by atoms with E-state index in [1.165, 1.54) is 15.4 Å². The molecular formula is C14H18N2S. The van der Waals surface area contributed by atoms with Crippen LogP contribution >= 0.6 is 11.3 Å². The van der Waals surface area contributed by atoms with Gasteiger partial charge in [-0.1, -0.05) is 30.3 Å². The standard InChI is InChI=1S/C14H18N2S/c1-10-11(2)17-14(16-10)13(9-15)8-12-6-4-3-5-7-12/h3-7,13H,8-9,15H2,1-2H3. The lowest BCUT2D eigenvalue weighted by Gasteiger charge is -2.11. The number of aryl methyl sites for hydroxylation is 2. The molecule has 0 saturated heterocycles. The summed E-state index contributed by atoms with van der Waals surface area (Å²) in [6, 6.07) is 10.5. The predicted octanol–water partition coefficient (Wildman–Crippen LogP) is 3.04. The summed E-state index contributed by atoms with van der Waals surface area (Å²) in [6.45, 7) is 4.83. The quantitative estimate of drug-likeness (QED) is 0.900. The Morgan fingerprint density at radius 2 is 1.94 bits per heavy atom. The first-order valence-corrected chi connectivity index (χ1v) is 6.70. The molecule has 2 nitrogen and oxygen atoms in total. The maximum absolute atomic E-state index is 5.88. The third-order valence-electron chi connectivity index (χ3n) is 3.00. The minimum atomic E-state index is 0.342. The van der Waals surface area contributed by atoms with Gasteiger partial charge in [-0.25, -0.2) is 4.98 Å². The zero-order chi connectivity index (χ0) is 12.3. The maximum Gasteiger partial charge on any atom is 0.0977 e. The van der Waals surface area contributed by atoms with Crippen LogP contribution in [0.5, 0.6) is 0 Å². The van der Waals surface area contributed by atoms with Crippen LogP contribution in [0.3, 0.4) is 0 Å². The van der Waals surface area contributed by atoms with Crippen LogP contribution in [0.15, 0.2) is 30.3 Å². The lowest BCUT2D eigenvalue weighted by Crippen LogP contribution is -2.14. The predicted molar refractivity (Wildman–Crippen MR) is 73.5 cm³/mol. The van der Waals surface area contributed by atoms with Crippen molar-refractivity contribution in [1.29, 1.82) is 0 Å². The van der Waals surface area contributed by atoms with E-state index in [1.54, 1.807) is 11.3 Å². The van der Waals surface area contributed by atoms with Gasteiger partial charge >= 0.3 is 0 Å². The van der Waals surface area contributed by atoms with Crippen LogP contribution in [-0.2, 0) is 6.42 Å². The van der Waals surface area contributed by atoms with Crippen LogP contribution in [0.2, 0.25) is 0 Å². The first-order valence-electron chi connectivity index (χ1n) is 5.88. The van der Waals surface area contributed by atoms with E-state index in [2.05, 4.69) is 43.1 Å². The summed E-state index contributed by atoms with van der Waals surface area (Å²) in [6.07, 6.45) is 0.976. The van der Waals surface area contributed by atoms with Crippen molar-refractivity contribution >= 4 is 11.3 Å². The summed E-state index contributed by atoms with van der Waals surface area (Å²) in [4.78, 5) is 5.91. The van der Waals surface area contributed by atoms with Gasteiger partial charge in [0.25, 0.3) is 0 Å². The molecule has 0 aliphatic carbocycles. The summed E-state index contributed by atoms with van der Waals surface area (Å²) in [5.41, 5.74) is 8.34. The van der Waals surface area contributed by atoms with E-state index in [1.807, 2.05) is 6.07 Å². The molecule has 0 aliphatic heterocycles. The van der Waals surface area contributed by atoms with Crippen molar-refractivity contribution in [2.75, 3.05) is 6.54 Å². The van der Waals surface area contributed by atoms with Gasteiger partial charge in [0, 0.05) is 17.3 Å².